The molecule has 5 nitrogen and oxygen atoms in total. The van der Waals surface area contributed by atoms with E-state index in [2.05, 4.69) is 23.6 Å². The molecule has 0 amide bonds. The lowest BCUT2D eigenvalue weighted by molar-refractivity contribution is 0.0869. The van der Waals surface area contributed by atoms with Gasteiger partial charge in [0.25, 0.3) is 0 Å². The van der Waals surface area contributed by atoms with Gasteiger partial charge in [-0.15, -0.1) is 0 Å². The van der Waals surface area contributed by atoms with E-state index >= 15 is 0 Å². The minimum Gasteiger partial charge on any atom is -0.497 e. The summed E-state index contributed by atoms with van der Waals surface area (Å²) in [6.07, 6.45) is 4.05. The van der Waals surface area contributed by atoms with Gasteiger partial charge in [0.05, 0.1) is 18.3 Å². The van der Waals surface area contributed by atoms with Gasteiger partial charge in [0.1, 0.15) is 5.75 Å². The highest BCUT2D eigenvalue weighted by atomic mass is 16.5. The van der Waals surface area contributed by atoms with E-state index in [1.165, 1.54) is 25.8 Å². The molecular formula is C19H26N4O. The van der Waals surface area contributed by atoms with Gasteiger partial charge in [-0.05, 0) is 45.4 Å². The molecule has 2 aromatic rings. The third-order valence-corrected chi connectivity index (χ3v) is 5.55. The van der Waals surface area contributed by atoms with Crippen molar-refractivity contribution in [1.29, 1.82) is 0 Å². The van der Waals surface area contributed by atoms with Crippen molar-refractivity contribution < 1.29 is 4.74 Å². The van der Waals surface area contributed by atoms with Crippen LogP contribution in [-0.4, -0.2) is 53.7 Å². The van der Waals surface area contributed by atoms with E-state index < -0.39 is 0 Å². The lowest BCUT2D eigenvalue weighted by atomic mass is 9.98. The number of ether oxygens (including phenoxy) is 1. The second kappa shape index (κ2) is 6.20. The summed E-state index contributed by atoms with van der Waals surface area (Å²) in [5.74, 6) is 1.70. The number of hydrogen-bond donors (Lipinski definition) is 0. The van der Waals surface area contributed by atoms with Crippen molar-refractivity contribution in [2.45, 2.75) is 45.2 Å². The molecule has 2 fully saturated rings. The van der Waals surface area contributed by atoms with Gasteiger partial charge in [-0.1, -0.05) is 6.42 Å². The summed E-state index contributed by atoms with van der Waals surface area (Å²) in [5, 5.41) is 1.10. The average Bonchev–Trinajstić information content (AvgIpc) is 2.54. The van der Waals surface area contributed by atoms with E-state index in [4.69, 9.17) is 14.7 Å². The zero-order valence-corrected chi connectivity index (χ0v) is 14.8. The number of methoxy groups -OCH3 is 1. The number of hydrogen-bond acceptors (Lipinski definition) is 5. The first-order chi connectivity index (χ1) is 11.7. The predicted octanol–water partition coefficient (Wildman–Crippen LogP) is 3.01. The van der Waals surface area contributed by atoms with Gasteiger partial charge < -0.3 is 9.64 Å². The van der Waals surface area contributed by atoms with Crippen molar-refractivity contribution in [3.8, 4) is 5.75 Å². The maximum Gasteiger partial charge on any atom is 0.226 e. The van der Waals surface area contributed by atoms with Crippen molar-refractivity contribution in [3.63, 3.8) is 0 Å². The third-order valence-electron chi connectivity index (χ3n) is 5.55. The molecule has 5 heteroatoms. The van der Waals surface area contributed by atoms with Gasteiger partial charge in [0, 0.05) is 36.6 Å². The SMILES string of the molecule is COc1ccc2c(C)nc(N3CC(N4CCCCC4C)C3)nc2c1. The van der Waals surface area contributed by atoms with Crippen molar-refractivity contribution in [2.75, 3.05) is 31.6 Å². The molecule has 2 saturated heterocycles. The molecule has 4 rings (SSSR count). The molecule has 0 N–H and O–H groups in total. The van der Waals surface area contributed by atoms with Gasteiger partial charge in [0.2, 0.25) is 5.95 Å². The van der Waals surface area contributed by atoms with Crippen molar-refractivity contribution in [2.24, 2.45) is 0 Å². The van der Waals surface area contributed by atoms with Crippen molar-refractivity contribution in [1.82, 2.24) is 14.9 Å². The first-order valence-electron chi connectivity index (χ1n) is 8.99. The first-order valence-corrected chi connectivity index (χ1v) is 8.99. The summed E-state index contributed by atoms with van der Waals surface area (Å²) >= 11 is 0. The van der Waals surface area contributed by atoms with Gasteiger partial charge in [-0.25, -0.2) is 9.97 Å². The highest BCUT2D eigenvalue weighted by molar-refractivity contribution is 5.83. The van der Waals surface area contributed by atoms with E-state index in [-0.39, 0.29) is 0 Å². The van der Waals surface area contributed by atoms with Crippen LogP contribution in [0.25, 0.3) is 10.9 Å². The third kappa shape index (κ3) is 2.71. The minimum atomic E-state index is 0.658. The smallest absolute Gasteiger partial charge is 0.226 e. The Morgan fingerprint density at radius 3 is 2.75 bits per heavy atom. The maximum absolute atomic E-state index is 5.33. The van der Waals surface area contributed by atoms with Crippen LogP contribution in [0.5, 0.6) is 5.75 Å². The molecule has 1 aromatic heterocycles. The number of anilines is 1. The number of nitrogens with zero attached hydrogens (tertiary/aromatic N) is 4. The molecule has 128 valence electrons. The summed E-state index contributed by atoms with van der Waals surface area (Å²) < 4.78 is 5.33. The number of aromatic nitrogens is 2. The van der Waals surface area contributed by atoms with Gasteiger partial charge in [0.15, 0.2) is 0 Å². The minimum absolute atomic E-state index is 0.658. The zero-order chi connectivity index (χ0) is 16.7. The fraction of sp³-hybridized carbons (Fsp3) is 0.579. The number of aryl methyl sites for hydroxylation is 1. The summed E-state index contributed by atoms with van der Waals surface area (Å²) in [6, 6.07) is 7.38. The van der Waals surface area contributed by atoms with Crippen molar-refractivity contribution >= 4 is 16.9 Å². The Bertz CT molecular complexity index is 741. The molecule has 2 aliphatic rings. The normalized spacial score (nSPS) is 22.6. The van der Waals surface area contributed by atoms with Crippen LogP contribution in [-0.2, 0) is 0 Å². The summed E-state index contributed by atoms with van der Waals surface area (Å²) in [4.78, 5) is 14.5. The maximum atomic E-state index is 5.33. The van der Waals surface area contributed by atoms with Crippen LogP contribution in [0.1, 0.15) is 31.9 Å². The van der Waals surface area contributed by atoms with Crippen LogP contribution >= 0.6 is 0 Å². The van der Waals surface area contributed by atoms with E-state index in [9.17, 15) is 0 Å². The number of benzene rings is 1. The Kier molecular flexibility index (Phi) is 4.04. The second-order valence-corrected chi connectivity index (χ2v) is 7.13. The number of piperidine rings is 1. The Hall–Kier alpha value is -1.88. The molecule has 3 heterocycles. The highest BCUT2D eigenvalue weighted by Crippen LogP contribution is 2.29. The van der Waals surface area contributed by atoms with Gasteiger partial charge >= 0.3 is 0 Å². The molecule has 0 bridgehead atoms. The molecule has 0 spiro atoms. The van der Waals surface area contributed by atoms with Crippen LogP contribution in [0.15, 0.2) is 18.2 Å². The van der Waals surface area contributed by atoms with Crippen LogP contribution in [0.3, 0.4) is 0 Å². The molecule has 2 aliphatic heterocycles. The lowest BCUT2D eigenvalue weighted by Crippen LogP contribution is -2.62. The molecule has 1 unspecified atom stereocenters. The quantitative estimate of drug-likeness (QED) is 0.867. The average molecular weight is 326 g/mol. The summed E-state index contributed by atoms with van der Waals surface area (Å²) in [6.45, 7) is 7.75. The van der Waals surface area contributed by atoms with Crippen LogP contribution in [0.2, 0.25) is 0 Å². The molecule has 24 heavy (non-hydrogen) atoms. The molecule has 0 radical (unpaired) electrons. The van der Waals surface area contributed by atoms with Gasteiger partial charge in [-0.3, -0.25) is 4.90 Å². The van der Waals surface area contributed by atoms with E-state index in [1.54, 1.807) is 7.11 Å². The van der Waals surface area contributed by atoms with Crippen LogP contribution < -0.4 is 9.64 Å². The van der Waals surface area contributed by atoms with E-state index in [0.717, 1.165) is 47.4 Å². The van der Waals surface area contributed by atoms with Gasteiger partial charge in [-0.2, -0.15) is 0 Å². The lowest BCUT2D eigenvalue weighted by Gasteiger charge is -2.49. The Morgan fingerprint density at radius 1 is 1.17 bits per heavy atom. The molecule has 1 aromatic carbocycles. The first kappa shape index (κ1) is 15.6. The summed E-state index contributed by atoms with van der Waals surface area (Å²) in [5.41, 5.74) is 2.00. The fourth-order valence-corrected chi connectivity index (χ4v) is 4.01. The highest BCUT2D eigenvalue weighted by Gasteiger charge is 2.36. The van der Waals surface area contributed by atoms with E-state index in [1.807, 2.05) is 18.2 Å². The number of likely N-dealkylation sites (tertiary alicyclic amines) is 1. The standard InChI is InChI=1S/C19H26N4O/c1-13-6-4-5-9-23(13)15-11-22(12-15)19-20-14(2)17-8-7-16(24-3)10-18(17)21-19/h7-8,10,13,15H,4-6,9,11-12H2,1-3H3. The molecule has 0 aliphatic carbocycles. The Labute approximate surface area is 143 Å². The largest absolute Gasteiger partial charge is 0.497 e. The molecule has 1 atom stereocenters. The van der Waals surface area contributed by atoms with Crippen LogP contribution in [0.4, 0.5) is 5.95 Å². The molecular weight excluding hydrogens is 300 g/mol. The number of rotatable bonds is 3. The summed E-state index contributed by atoms with van der Waals surface area (Å²) in [7, 11) is 1.69. The van der Waals surface area contributed by atoms with Crippen LogP contribution in [0, 0.1) is 6.92 Å². The Balaban J connectivity index is 1.53. The zero-order valence-electron chi connectivity index (χ0n) is 14.8. The van der Waals surface area contributed by atoms with E-state index in [0.29, 0.717) is 6.04 Å². The Morgan fingerprint density at radius 2 is 2.00 bits per heavy atom. The monoisotopic (exact) mass is 326 g/mol. The number of fused-ring (bicyclic) bond motifs is 1. The fourth-order valence-electron chi connectivity index (χ4n) is 4.01. The second-order valence-electron chi connectivity index (χ2n) is 7.13. The predicted molar refractivity (Wildman–Crippen MR) is 96.8 cm³/mol. The molecule has 0 saturated carbocycles. The van der Waals surface area contributed by atoms with Crippen molar-refractivity contribution in [3.05, 3.63) is 23.9 Å². The topological polar surface area (TPSA) is 41.5 Å².